The highest BCUT2D eigenvalue weighted by atomic mass is 16.5. The fourth-order valence-electron chi connectivity index (χ4n) is 3.82. The van der Waals surface area contributed by atoms with Gasteiger partial charge in [-0.25, -0.2) is 0 Å². The minimum Gasteiger partial charge on any atom is -0.372 e. The van der Waals surface area contributed by atoms with E-state index in [-0.39, 0.29) is 17.3 Å². The van der Waals surface area contributed by atoms with E-state index in [0.29, 0.717) is 19.1 Å². The molecule has 0 radical (unpaired) electrons. The predicted molar refractivity (Wildman–Crippen MR) is 96.7 cm³/mol. The number of amides is 1. The first-order chi connectivity index (χ1) is 12.6. The SMILES string of the molecule is Cc1ccc(CN2CC3(CCC(CNC(=O)c4ccno4)CO3)C2)cc1. The van der Waals surface area contributed by atoms with Crippen LogP contribution in [0.5, 0.6) is 0 Å². The number of hydrogen-bond acceptors (Lipinski definition) is 5. The quantitative estimate of drug-likeness (QED) is 0.892. The molecule has 2 aromatic rings. The molecule has 1 N–H and O–H groups in total. The molecule has 2 aliphatic rings. The van der Waals surface area contributed by atoms with E-state index in [9.17, 15) is 4.79 Å². The fraction of sp³-hybridized carbons (Fsp3) is 0.500. The number of aromatic nitrogens is 1. The van der Waals surface area contributed by atoms with Gasteiger partial charge in [-0.15, -0.1) is 0 Å². The van der Waals surface area contributed by atoms with E-state index in [1.807, 2.05) is 0 Å². The standard InChI is InChI=1S/C20H25N3O3/c1-15-2-4-16(5-3-15)11-23-13-20(14-23)8-6-17(12-25-20)10-21-19(24)18-7-9-22-26-18/h2-5,7,9,17H,6,8,10-14H2,1H3,(H,21,24). The molecule has 1 atom stereocenters. The van der Waals surface area contributed by atoms with E-state index >= 15 is 0 Å². The normalized spacial score (nSPS) is 22.1. The first-order valence-electron chi connectivity index (χ1n) is 9.23. The zero-order valence-electron chi connectivity index (χ0n) is 15.1. The summed E-state index contributed by atoms with van der Waals surface area (Å²) in [5.74, 6) is 0.401. The first-order valence-corrected chi connectivity index (χ1v) is 9.23. The molecule has 1 aromatic heterocycles. The van der Waals surface area contributed by atoms with Gasteiger partial charge in [0.15, 0.2) is 0 Å². The van der Waals surface area contributed by atoms with Crippen molar-refractivity contribution in [3.63, 3.8) is 0 Å². The summed E-state index contributed by atoms with van der Waals surface area (Å²) in [7, 11) is 0. The number of nitrogens with zero attached hydrogens (tertiary/aromatic N) is 2. The van der Waals surface area contributed by atoms with Crippen molar-refractivity contribution < 1.29 is 14.1 Å². The maximum absolute atomic E-state index is 11.9. The Bertz CT molecular complexity index is 726. The van der Waals surface area contributed by atoms with Gasteiger partial charge in [-0.3, -0.25) is 9.69 Å². The lowest BCUT2D eigenvalue weighted by Gasteiger charge is -2.53. The number of carbonyl (C=O) groups excluding carboxylic acids is 1. The number of benzene rings is 1. The van der Waals surface area contributed by atoms with Gasteiger partial charge in [0.05, 0.1) is 18.4 Å². The molecule has 1 spiro atoms. The van der Waals surface area contributed by atoms with E-state index in [0.717, 1.165) is 32.5 Å². The zero-order chi connectivity index (χ0) is 18.0. The predicted octanol–water partition coefficient (Wildman–Crippen LogP) is 2.39. The highest BCUT2D eigenvalue weighted by molar-refractivity contribution is 5.91. The van der Waals surface area contributed by atoms with Crippen LogP contribution in [-0.2, 0) is 11.3 Å². The second-order valence-electron chi connectivity index (χ2n) is 7.62. The molecule has 2 saturated heterocycles. The first kappa shape index (κ1) is 17.2. The number of ether oxygens (including phenoxy) is 1. The van der Waals surface area contributed by atoms with Crippen LogP contribution in [0.15, 0.2) is 41.1 Å². The molecule has 6 nitrogen and oxygen atoms in total. The summed E-state index contributed by atoms with van der Waals surface area (Å²) >= 11 is 0. The Morgan fingerprint density at radius 3 is 2.77 bits per heavy atom. The third kappa shape index (κ3) is 3.81. The largest absolute Gasteiger partial charge is 0.372 e. The lowest BCUT2D eigenvalue weighted by molar-refractivity contribution is -0.181. The number of rotatable bonds is 5. The van der Waals surface area contributed by atoms with Gasteiger partial charge < -0.3 is 14.6 Å². The Kier molecular flexibility index (Phi) is 4.78. The van der Waals surface area contributed by atoms with Gasteiger partial charge in [-0.2, -0.15) is 0 Å². The summed E-state index contributed by atoms with van der Waals surface area (Å²) in [6, 6.07) is 10.3. The van der Waals surface area contributed by atoms with Gasteiger partial charge in [0, 0.05) is 32.2 Å². The molecule has 0 bridgehead atoms. The average molecular weight is 355 g/mol. The van der Waals surface area contributed by atoms with Crippen LogP contribution in [0.4, 0.5) is 0 Å². The van der Waals surface area contributed by atoms with Crippen molar-refractivity contribution >= 4 is 5.91 Å². The number of carbonyl (C=O) groups is 1. The zero-order valence-corrected chi connectivity index (χ0v) is 15.1. The van der Waals surface area contributed by atoms with Crippen LogP contribution in [0.3, 0.4) is 0 Å². The smallest absolute Gasteiger partial charge is 0.289 e. The summed E-state index contributed by atoms with van der Waals surface area (Å²) in [4.78, 5) is 14.3. The highest BCUT2D eigenvalue weighted by Gasteiger charge is 2.46. The molecule has 2 aliphatic heterocycles. The molecule has 0 aliphatic carbocycles. The third-order valence-electron chi connectivity index (χ3n) is 5.40. The monoisotopic (exact) mass is 355 g/mol. The van der Waals surface area contributed by atoms with Crippen LogP contribution in [0.25, 0.3) is 0 Å². The van der Waals surface area contributed by atoms with Crippen LogP contribution >= 0.6 is 0 Å². The third-order valence-corrected chi connectivity index (χ3v) is 5.40. The summed E-state index contributed by atoms with van der Waals surface area (Å²) in [6.07, 6.45) is 3.61. The van der Waals surface area contributed by atoms with Crippen molar-refractivity contribution in [1.82, 2.24) is 15.4 Å². The number of nitrogens with one attached hydrogen (secondary N) is 1. The van der Waals surface area contributed by atoms with Crippen molar-refractivity contribution in [3.8, 4) is 0 Å². The number of aryl methyl sites for hydroxylation is 1. The van der Waals surface area contributed by atoms with Crippen LogP contribution < -0.4 is 5.32 Å². The molecule has 1 amide bonds. The molecule has 3 heterocycles. The molecule has 0 saturated carbocycles. The summed E-state index contributed by atoms with van der Waals surface area (Å²) in [6.45, 7) is 6.42. The molecular weight excluding hydrogens is 330 g/mol. The van der Waals surface area contributed by atoms with Crippen molar-refractivity contribution in [2.24, 2.45) is 5.92 Å². The van der Waals surface area contributed by atoms with Crippen LogP contribution in [0.2, 0.25) is 0 Å². The minimum atomic E-state index is -0.212. The molecule has 26 heavy (non-hydrogen) atoms. The lowest BCUT2D eigenvalue weighted by Crippen LogP contribution is -2.64. The molecule has 4 rings (SSSR count). The molecule has 1 unspecified atom stereocenters. The Labute approximate surface area is 153 Å². The molecular formula is C20H25N3O3. The number of likely N-dealkylation sites (tertiary alicyclic amines) is 1. The maximum atomic E-state index is 11.9. The van der Waals surface area contributed by atoms with Crippen LogP contribution in [-0.4, -0.2) is 47.8 Å². The van der Waals surface area contributed by atoms with E-state index in [4.69, 9.17) is 9.26 Å². The Morgan fingerprint density at radius 2 is 2.12 bits per heavy atom. The summed E-state index contributed by atoms with van der Waals surface area (Å²) in [5, 5.41) is 6.45. The number of hydrogen-bond donors (Lipinski definition) is 1. The minimum absolute atomic E-state index is 0.0239. The van der Waals surface area contributed by atoms with Gasteiger partial charge in [0.25, 0.3) is 5.91 Å². The fourth-order valence-corrected chi connectivity index (χ4v) is 3.82. The summed E-state index contributed by atoms with van der Waals surface area (Å²) in [5.41, 5.74) is 2.68. The van der Waals surface area contributed by atoms with E-state index in [1.165, 1.54) is 17.3 Å². The molecule has 6 heteroatoms. The van der Waals surface area contributed by atoms with Crippen LogP contribution in [0, 0.1) is 12.8 Å². The Hall–Kier alpha value is -2.18. The average Bonchev–Trinajstić information content (AvgIpc) is 3.16. The van der Waals surface area contributed by atoms with Gasteiger partial charge in [-0.1, -0.05) is 35.0 Å². The van der Waals surface area contributed by atoms with Gasteiger partial charge in [-0.05, 0) is 31.2 Å². The Morgan fingerprint density at radius 1 is 1.31 bits per heavy atom. The molecule has 2 fully saturated rings. The van der Waals surface area contributed by atoms with Gasteiger partial charge >= 0.3 is 0 Å². The topological polar surface area (TPSA) is 67.6 Å². The van der Waals surface area contributed by atoms with Crippen LogP contribution in [0.1, 0.15) is 34.5 Å². The van der Waals surface area contributed by atoms with Crippen molar-refractivity contribution in [1.29, 1.82) is 0 Å². The second kappa shape index (κ2) is 7.21. The van der Waals surface area contributed by atoms with E-state index in [2.05, 4.69) is 46.6 Å². The van der Waals surface area contributed by atoms with Gasteiger partial charge in [0.1, 0.15) is 0 Å². The molecule has 1 aromatic carbocycles. The maximum Gasteiger partial charge on any atom is 0.289 e. The van der Waals surface area contributed by atoms with Crippen molar-refractivity contribution in [2.75, 3.05) is 26.2 Å². The highest BCUT2D eigenvalue weighted by Crippen LogP contribution is 2.36. The van der Waals surface area contributed by atoms with Crippen molar-refractivity contribution in [2.45, 2.75) is 31.9 Å². The van der Waals surface area contributed by atoms with E-state index in [1.54, 1.807) is 6.07 Å². The Balaban J connectivity index is 1.18. The summed E-state index contributed by atoms with van der Waals surface area (Å²) < 4.78 is 11.1. The second-order valence-corrected chi connectivity index (χ2v) is 7.62. The molecule has 138 valence electrons. The van der Waals surface area contributed by atoms with Crippen molar-refractivity contribution in [3.05, 3.63) is 53.4 Å². The van der Waals surface area contributed by atoms with Gasteiger partial charge in [0.2, 0.25) is 5.76 Å². The lowest BCUT2D eigenvalue weighted by atomic mass is 9.82. The van der Waals surface area contributed by atoms with E-state index < -0.39 is 0 Å².